The zero-order chi connectivity index (χ0) is 13.5. The van der Waals surface area contributed by atoms with Gasteiger partial charge in [-0.1, -0.05) is 30.3 Å². The van der Waals surface area contributed by atoms with Gasteiger partial charge in [0, 0.05) is 13.5 Å². The second-order valence-corrected chi connectivity index (χ2v) is 4.15. The summed E-state index contributed by atoms with van der Waals surface area (Å²) < 4.78 is 0. The molecule has 0 saturated heterocycles. The van der Waals surface area contributed by atoms with E-state index in [1.807, 2.05) is 30.3 Å². The van der Waals surface area contributed by atoms with Crippen LogP contribution in [0.1, 0.15) is 12.5 Å². The van der Waals surface area contributed by atoms with E-state index in [-0.39, 0.29) is 11.8 Å². The summed E-state index contributed by atoms with van der Waals surface area (Å²) in [7, 11) is 1.54. The minimum Gasteiger partial charge on any atom is -0.357 e. The molecular weight excluding hydrogens is 230 g/mol. The molecule has 0 aliphatic carbocycles. The smallest absolute Gasteiger partial charge is 0.242 e. The van der Waals surface area contributed by atoms with Gasteiger partial charge in [-0.25, -0.2) is 0 Å². The first-order valence-corrected chi connectivity index (χ1v) is 5.86. The van der Waals surface area contributed by atoms with E-state index in [1.54, 1.807) is 14.0 Å². The predicted octanol–water partition coefficient (Wildman–Crippen LogP) is -0.193. The van der Waals surface area contributed by atoms with Crippen molar-refractivity contribution in [2.75, 3.05) is 7.05 Å². The molecule has 1 aromatic rings. The maximum Gasteiger partial charge on any atom is 0.242 e. The van der Waals surface area contributed by atoms with Gasteiger partial charge >= 0.3 is 0 Å². The van der Waals surface area contributed by atoms with Crippen LogP contribution < -0.4 is 16.4 Å². The predicted molar refractivity (Wildman–Crippen MR) is 69.8 cm³/mol. The summed E-state index contributed by atoms with van der Waals surface area (Å²) in [5.74, 6) is -0.563. The van der Waals surface area contributed by atoms with Gasteiger partial charge in [-0.05, 0) is 12.5 Å². The number of carbonyl (C=O) groups is 2. The molecule has 0 aliphatic rings. The van der Waals surface area contributed by atoms with Crippen LogP contribution in [-0.2, 0) is 16.0 Å². The first kappa shape index (κ1) is 14.2. The number of likely N-dealkylation sites (N-methyl/N-ethyl adjacent to an activating group) is 1. The van der Waals surface area contributed by atoms with E-state index >= 15 is 0 Å². The molecule has 2 amide bonds. The number of hydrogen-bond donors (Lipinski definition) is 3. The third-order valence-corrected chi connectivity index (χ3v) is 2.58. The van der Waals surface area contributed by atoms with Crippen molar-refractivity contribution in [2.24, 2.45) is 5.73 Å². The summed E-state index contributed by atoms with van der Waals surface area (Å²) in [6, 6.07) is 8.28. The number of carbonyl (C=O) groups excluding carboxylic acids is 2. The molecule has 0 fully saturated rings. The fourth-order valence-corrected chi connectivity index (χ4v) is 1.54. The summed E-state index contributed by atoms with van der Waals surface area (Å²) in [4.78, 5) is 23.3. The van der Waals surface area contributed by atoms with Gasteiger partial charge in [0.25, 0.3) is 0 Å². The van der Waals surface area contributed by atoms with E-state index in [4.69, 9.17) is 5.73 Å². The van der Waals surface area contributed by atoms with Crippen molar-refractivity contribution >= 4 is 11.8 Å². The molecule has 0 bridgehead atoms. The van der Waals surface area contributed by atoms with Crippen LogP contribution >= 0.6 is 0 Å². The highest BCUT2D eigenvalue weighted by molar-refractivity contribution is 5.89. The van der Waals surface area contributed by atoms with Crippen LogP contribution in [0.4, 0.5) is 0 Å². The molecule has 1 aromatic carbocycles. The van der Waals surface area contributed by atoms with Crippen molar-refractivity contribution in [3.63, 3.8) is 0 Å². The molecule has 18 heavy (non-hydrogen) atoms. The van der Waals surface area contributed by atoms with Crippen LogP contribution in [0, 0.1) is 0 Å². The molecule has 0 radical (unpaired) electrons. The molecule has 0 saturated carbocycles. The number of nitrogens with one attached hydrogen (secondary N) is 2. The number of amides is 2. The third kappa shape index (κ3) is 4.18. The van der Waals surface area contributed by atoms with Gasteiger partial charge < -0.3 is 16.4 Å². The monoisotopic (exact) mass is 249 g/mol. The second-order valence-electron chi connectivity index (χ2n) is 4.15. The lowest BCUT2D eigenvalue weighted by Gasteiger charge is -2.18. The third-order valence-electron chi connectivity index (χ3n) is 2.58. The first-order valence-electron chi connectivity index (χ1n) is 5.86. The summed E-state index contributed by atoms with van der Waals surface area (Å²) in [6.45, 7) is 1.58. The molecule has 98 valence electrons. The average Bonchev–Trinajstić information content (AvgIpc) is 2.38. The van der Waals surface area contributed by atoms with E-state index in [0.717, 1.165) is 5.56 Å². The van der Waals surface area contributed by atoms with Crippen LogP contribution in [0.25, 0.3) is 0 Å². The molecule has 5 heteroatoms. The maximum absolute atomic E-state index is 11.7. The van der Waals surface area contributed by atoms with E-state index in [9.17, 15) is 9.59 Å². The average molecular weight is 249 g/mol. The molecule has 2 atom stereocenters. The Balaban J connectivity index is 2.73. The normalized spacial score (nSPS) is 13.5. The molecule has 1 rings (SSSR count). The lowest BCUT2D eigenvalue weighted by molar-refractivity contribution is -0.129. The summed E-state index contributed by atoms with van der Waals surface area (Å²) in [5, 5.41) is 5.17. The molecule has 4 N–H and O–H groups in total. The molecule has 0 unspecified atom stereocenters. The summed E-state index contributed by atoms with van der Waals surface area (Å²) in [6.07, 6.45) is 0.443. The van der Waals surface area contributed by atoms with Crippen molar-refractivity contribution in [1.29, 1.82) is 0 Å². The Kier molecular flexibility index (Phi) is 5.32. The van der Waals surface area contributed by atoms with Crippen molar-refractivity contribution in [3.05, 3.63) is 35.9 Å². The van der Waals surface area contributed by atoms with E-state index < -0.39 is 12.1 Å². The van der Waals surface area contributed by atoms with E-state index in [1.165, 1.54) is 0 Å². The van der Waals surface area contributed by atoms with Crippen molar-refractivity contribution in [3.8, 4) is 0 Å². The number of hydrogen-bond acceptors (Lipinski definition) is 3. The van der Waals surface area contributed by atoms with Gasteiger partial charge in [0.15, 0.2) is 0 Å². The summed E-state index contributed by atoms with van der Waals surface area (Å²) >= 11 is 0. The van der Waals surface area contributed by atoms with Gasteiger partial charge in [-0.15, -0.1) is 0 Å². The topological polar surface area (TPSA) is 84.2 Å². The minimum atomic E-state index is -0.632. The van der Waals surface area contributed by atoms with Crippen molar-refractivity contribution < 1.29 is 9.59 Å². The Hall–Kier alpha value is -1.88. The zero-order valence-corrected chi connectivity index (χ0v) is 10.6. The van der Waals surface area contributed by atoms with E-state index in [0.29, 0.717) is 6.42 Å². The number of benzene rings is 1. The molecule has 0 aromatic heterocycles. The molecule has 0 aliphatic heterocycles. The maximum atomic E-state index is 11.7. The van der Waals surface area contributed by atoms with Crippen LogP contribution in [-0.4, -0.2) is 30.9 Å². The Labute approximate surface area is 107 Å². The lowest BCUT2D eigenvalue weighted by Crippen LogP contribution is -2.51. The SMILES string of the molecule is CNC(=O)[C@H](Cc1ccccc1)NC(=O)[C@H](C)N. The van der Waals surface area contributed by atoms with Crippen molar-refractivity contribution in [2.45, 2.75) is 25.4 Å². The van der Waals surface area contributed by atoms with E-state index in [2.05, 4.69) is 10.6 Å². The molecule has 5 nitrogen and oxygen atoms in total. The molecule has 0 heterocycles. The number of rotatable bonds is 5. The Morgan fingerprint density at radius 3 is 2.33 bits per heavy atom. The second kappa shape index (κ2) is 6.76. The largest absolute Gasteiger partial charge is 0.357 e. The van der Waals surface area contributed by atoms with Gasteiger partial charge in [0.05, 0.1) is 6.04 Å². The van der Waals surface area contributed by atoms with Gasteiger partial charge in [-0.3, -0.25) is 9.59 Å². The van der Waals surface area contributed by atoms with Crippen LogP contribution in [0.3, 0.4) is 0 Å². The first-order chi connectivity index (χ1) is 8.54. The molecule has 0 spiro atoms. The van der Waals surface area contributed by atoms with Crippen LogP contribution in [0.2, 0.25) is 0 Å². The Morgan fingerprint density at radius 1 is 1.22 bits per heavy atom. The minimum absolute atomic E-state index is 0.229. The summed E-state index contributed by atoms with van der Waals surface area (Å²) in [5.41, 5.74) is 6.46. The molecular formula is C13H19N3O2. The van der Waals surface area contributed by atoms with Gasteiger partial charge in [0.2, 0.25) is 11.8 Å². The standard InChI is InChI=1S/C13H19N3O2/c1-9(14)12(17)16-11(13(18)15-2)8-10-6-4-3-5-7-10/h3-7,9,11H,8,14H2,1-2H3,(H,15,18)(H,16,17)/t9-,11-/m0/s1. The van der Waals surface area contributed by atoms with Gasteiger partial charge in [-0.2, -0.15) is 0 Å². The van der Waals surface area contributed by atoms with Crippen molar-refractivity contribution in [1.82, 2.24) is 10.6 Å². The Bertz CT molecular complexity index is 404. The highest BCUT2D eigenvalue weighted by Gasteiger charge is 2.21. The van der Waals surface area contributed by atoms with Crippen LogP contribution in [0.15, 0.2) is 30.3 Å². The highest BCUT2D eigenvalue weighted by atomic mass is 16.2. The van der Waals surface area contributed by atoms with Crippen LogP contribution in [0.5, 0.6) is 0 Å². The quantitative estimate of drug-likeness (QED) is 0.676. The highest BCUT2D eigenvalue weighted by Crippen LogP contribution is 2.03. The fraction of sp³-hybridized carbons (Fsp3) is 0.385. The van der Waals surface area contributed by atoms with Gasteiger partial charge in [0.1, 0.15) is 6.04 Å². The lowest BCUT2D eigenvalue weighted by atomic mass is 10.0. The zero-order valence-electron chi connectivity index (χ0n) is 10.6. The number of nitrogens with two attached hydrogens (primary N) is 1. The fourth-order valence-electron chi connectivity index (χ4n) is 1.54. The Morgan fingerprint density at radius 2 is 1.83 bits per heavy atom.